The molecule has 0 fully saturated rings. The molecule has 1 aliphatic rings. The fourth-order valence-electron chi connectivity index (χ4n) is 3.24. The topological polar surface area (TPSA) is 96.3 Å². The Morgan fingerprint density at radius 2 is 1.97 bits per heavy atom. The van der Waals surface area contributed by atoms with Gasteiger partial charge in [0.15, 0.2) is 5.69 Å². The predicted molar refractivity (Wildman–Crippen MR) is 108 cm³/mol. The number of amides is 3. The van der Waals surface area contributed by atoms with Crippen molar-refractivity contribution in [2.24, 2.45) is 0 Å². The molecule has 8 nitrogen and oxygen atoms in total. The fourth-order valence-corrected chi connectivity index (χ4v) is 3.24. The van der Waals surface area contributed by atoms with E-state index in [0.29, 0.717) is 31.9 Å². The molecule has 0 saturated carbocycles. The van der Waals surface area contributed by atoms with Crippen molar-refractivity contribution in [1.29, 1.82) is 0 Å². The molecule has 29 heavy (non-hydrogen) atoms. The lowest BCUT2D eigenvalue weighted by Gasteiger charge is -2.20. The summed E-state index contributed by atoms with van der Waals surface area (Å²) in [6.07, 6.45) is 1.58. The van der Waals surface area contributed by atoms with E-state index < -0.39 is 11.9 Å². The normalized spacial score (nSPS) is 14.7. The molecular weight excluding hydrogens is 370 g/mol. The van der Waals surface area contributed by atoms with E-state index in [9.17, 15) is 14.4 Å². The van der Waals surface area contributed by atoms with Crippen LogP contribution in [0, 0.1) is 0 Å². The van der Waals surface area contributed by atoms with Gasteiger partial charge in [-0.2, -0.15) is 5.10 Å². The van der Waals surface area contributed by atoms with Gasteiger partial charge < -0.3 is 15.5 Å². The highest BCUT2D eigenvalue weighted by atomic mass is 16.2. The highest BCUT2D eigenvalue weighted by Gasteiger charge is 2.27. The van der Waals surface area contributed by atoms with Crippen molar-refractivity contribution in [3.8, 4) is 0 Å². The lowest BCUT2D eigenvalue weighted by atomic mass is 10.2. The molecule has 0 radical (unpaired) electrons. The summed E-state index contributed by atoms with van der Waals surface area (Å²) in [5, 5.41) is 9.69. The maximum atomic E-state index is 13.0. The number of fused-ring (bicyclic) bond motifs is 1. The Balaban J connectivity index is 1.70. The minimum absolute atomic E-state index is 0.144. The fraction of sp³-hybridized carbons (Fsp3) is 0.429. The summed E-state index contributed by atoms with van der Waals surface area (Å²) in [4.78, 5) is 39.3. The molecule has 1 aromatic heterocycles. The third-order valence-electron chi connectivity index (χ3n) is 4.82. The summed E-state index contributed by atoms with van der Waals surface area (Å²) in [5.74, 6) is -0.857. The maximum Gasteiger partial charge on any atom is 0.272 e. The number of benzene rings is 1. The summed E-state index contributed by atoms with van der Waals surface area (Å²) >= 11 is 0. The SMILES string of the molecule is CCCNC(=O)C(C)NC(=O)c1cc2n(n1)CCCN(Cc1ccccc1)C2=O. The number of aryl methyl sites for hydroxylation is 1. The van der Waals surface area contributed by atoms with Crippen molar-refractivity contribution in [2.45, 2.75) is 45.8 Å². The van der Waals surface area contributed by atoms with E-state index in [1.54, 1.807) is 16.5 Å². The van der Waals surface area contributed by atoms with Crippen LogP contribution in [-0.4, -0.2) is 51.5 Å². The van der Waals surface area contributed by atoms with Crippen LogP contribution in [0.5, 0.6) is 0 Å². The van der Waals surface area contributed by atoms with Crippen LogP contribution in [-0.2, 0) is 17.9 Å². The van der Waals surface area contributed by atoms with Gasteiger partial charge in [-0.05, 0) is 25.3 Å². The first-order valence-corrected chi connectivity index (χ1v) is 9.99. The van der Waals surface area contributed by atoms with Crippen LogP contribution in [0.1, 0.15) is 53.2 Å². The van der Waals surface area contributed by atoms with Crippen LogP contribution in [0.4, 0.5) is 0 Å². The lowest BCUT2D eigenvalue weighted by molar-refractivity contribution is -0.122. The molecule has 1 aromatic carbocycles. The summed E-state index contributed by atoms with van der Waals surface area (Å²) in [6.45, 7) is 5.85. The van der Waals surface area contributed by atoms with Crippen LogP contribution in [0.3, 0.4) is 0 Å². The first-order chi connectivity index (χ1) is 14.0. The largest absolute Gasteiger partial charge is 0.354 e. The van der Waals surface area contributed by atoms with Crippen LogP contribution in [0.2, 0.25) is 0 Å². The van der Waals surface area contributed by atoms with Crippen molar-refractivity contribution in [3.05, 3.63) is 53.3 Å². The van der Waals surface area contributed by atoms with E-state index in [0.717, 1.165) is 18.4 Å². The number of nitrogens with one attached hydrogen (secondary N) is 2. The number of hydrogen-bond donors (Lipinski definition) is 2. The molecule has 1 unspecified atom stereocenters. The molecule has 154 valence electrons. The van der Waals surface area contributed by atoms with Gasteiger partial charge in [-0.1, -0.05) is 37.3 Å². The zero-order valence-electron chi connectivity index (χ0n) is 16.9. The molecule has 1 aliphatic heterocycles. The minimum Gasteiger partial charge on any atom is -0.354 e. The van der Waals surface area contributed by atoms with Crippen LogP contribution in [0.25, 0.3) is 0 Å². The van der Waals surface area contributed by atoms with Crippen molar-refractivity contribution >= 4 is 17.7 Å². The first-order valence-electron chi connectivity index (χ1n) is 9.99. The van der Waals surface area contributed by atoms with E-state index in [4.69, 9.17) is 0 Å². The van der Waals surface area contributed by atoms with Crippen LogP contribution < -0.4 is 10.6 Å². The number of carbonyl (C=O) groups is 3. The standard InChI is InChI=1S/C21H27N5O3/c1-3-10-22-19(27)15(2)23-20(28)17-13-18-21(29)25(11-7-12-26(18)24-17)14-16-8-5-4-6-9-16/h4-6,8-9,13,15H,3,7,10-12,14H2,1-2H3,(H,22,27)(H,23,28). The highest BCUT2D eigenvalue weighted by Crippen LogP contribution is 2.16. The average molecular weight is 397 g/mol. The molecule has 0 saturated heterocycles. The van der Waals surface area contributed by atoms with Crippen LogP contribution >= 0.6 is 0 Å². The summed E-state index contributed by atoms with van der Waals surface area (Å²) in [6, 6.07) is 10.6. The van der Waals surface area contributed by atoms with Gasteiger partial charge in [0.05, 0.1) is 0 Å². The van der Waals surface area contributed by atoms with Gasteiger partial charge in [0.1, 0.15) is 11.7 Å². The second kappa shape index (κ2) is 9.36. The van der Waals surface area contributed by atoms with E-state index in [1.165, 1.54) is 6.07 Å². The molecule has 8 heteroatoms. The molecule has 2 aromatic rings. The number of rotatable bonds is 7. The number of aromatic nitrogens is 2. The molecule has 2 heterocycles. The average Bonchev–Trinajstić information content (AvgIpc) is 3.10. The van der Waals surface area contributed by atoms with Gasteiger partial charge in [-0.15, -0.1) is 0 Å². The summed E-state index contributed by atoms with van der Waals surface area (Å²) in [7, 11) is 0. The molecule has 0 bridgehead atoms. The maximum absolute atomic E-state index is 13.0. The minimum atomic E-state index is -0.680. The summed E-state index contributed by atoms with van der Waals surface area (Å²) < 4.78 is 1.59. The van der Waals surface area contributed by atoms with Gasteiger partial charge in [0.25, 0.3) is 11.8 Å². The van der Waals surface area contributed by atoms with Gasteiger partial charge in [-0.25, -0.2) is 0 Å². The monoisotopic (exact) mass is 397 g/mol. The van der Waals surface area contributed by atoms with E-state index in [1.807, 2.05) is 37.3 Å². The van der Waals surface area contributed by atoms with Crippen molar-refractivity contribution in [2.75, 3.05) is 13.1 Å². The number of carbonyl (C=O) groups excluding carboxylic acids is 3. The number of hydrogen-bond acceptors (Lipinski definition) is 4. The highest BCUT2D eigenvalue weighted by molar-refractivity contribution is 5.99. The molecule has 0 aliphatic carbocycles. The van der Waals surface area contributed by atoms with Gasteiger partial charge in [0.2, 0.25) is 5.91 Å². The zero-order valence-corrected chi connectivity index (χ0v) is 16.9. The molecular formula is C21H27N5O3. The third kappa shape index (κ3) is 5.01. The Bertz CT molecular complexity index is 878. The molecule has 3 rings (SSSR count). The van der Waals surface area contributed by atoms with Crippen LogP contribution in [0.15, 0.2) is 36.4 Å². The lowest BCUT2D eigenvalue weighted by Crippen LogP contribution is -2.45. The van der Waals surface area contributed by atoms with E-state index in [-0.39, 0.29) is 17.5 Å². The Kier molecular flexibility index (Phi) is 6.64. The van der Waals surface area contributed by atoms with Crippen molar-refractivity contribution in [1.82, 2.24) is 25.3 Å². The smallest absolute Gasteiger partial charge is 0.272 e. The molecule has 3 amide bonds. The van der Waals surface area contributed by atoms with E-state index in [2.05, 4.69) is 15.7 Å². The zero-order chi connectivity index (χ0) is 20.8. The van der Waals surface area contributed by atoms with Gasteiger partial charge in [-0.3, -0.25) is 19.1 Å². The summed E-state index contributed by atoms with van der Waals surface area (Å²) in [5.41, 5.74) is 1.59. The Labute approximate surface area is 170 Å². The molecule has 0 spiro atoms. The second-order valence-corrected chi connectivity index (χ2v) is 7.19. The number of nitrogens with zero attached hydrogens (tertiary/aromatic N) is 3. The Morgan fingerprint density at radius 3 is 2.69 bits per heavy atom. The van der Waals surface area contributed by atoms with Gasteiger partial charge in [0, 0.05) is 32.2 Å². The second-order valence-electron chi connectivity index (χ2n) is 7.19. The Morgan fingerprint density at radius 1 is 1.21 bits per heavy atom. The third-order valence-corrected chi connectivity index (χ3v) is 4.82. The molecule has 2 N–H and O–H groups in total. The van der Waals surface area contributed by atoms with Gasteiger partial charge >= 0.3 is 0 Å². The quantitative estimate of drug-likeness (QED) is 0.741. The van der Waals surface area contributed by atoms with Crippen molar-refractivity contribution in [3.63, 3.8) is 0 Å². The first kappa shape index (κ1) is 20.6. The molecule has 1 atom stereocenters. The Hall–Kier alpha value is -3.16. The van der Waals surface area contributed by atoms with Crippen molar-refractivity contribution < 1.29 is 14.4 Å². The van der Waals surface area contributed by atoms with E-state index >= 15 is 0 Å². The predicted octanol–water partition coefficient (Wildman–Crippen LogP) is 1.57.